The zero-order valence-electron chi connectivity index (χ0n) is 11.1. The van der Waals surface area contributed by atoms with Crippen LogP contribution in [0.25, 0.3) is 0 Å². The van der Waals surface area contributed by atoms with Crippen molar-refractivity contribution in [1.82, 2.24) is 10.2 Å². The molecular formula is C14H26N2S. The van der Waals surface area contributed by atoms with Gasteiger partial charge in [-0.3, -0.25) is 4.90 Å². The molecule has 98 valence electrons. The predicted octanol–water partition coefficient (Wildman–Crippen LogP) is 2.35. The highest BCUT2D eigenvalue weighted by atomic mass is 32.2. The first-order valence-electron chi connectivity index (χ1n) is 7.34. The third-order valence-corrected chi connectivity index (χ3v) is 6.21. The fraction of sp³-hybridized carbons (Fsp3) is 1.00. The summed E-state index contributed by atoms with van der Waals surface area (Å²) in [6.45, 7) is 6.28. The van der Waals surface area contributed by atoms with Gasteiger partial charge in [0.15, 0.2) is 0 Å². The molecule has 0 aromatic heterocycles. The Morgan fingerprint density at radius 2 is 2.18 bits per heavy atom. The molecule has 3 rings (SSSR count). The molecule has 2 unspecified atom stereocenters. The Balaban J connectivity index is 1.60. The molecule has 0 aromatic rings. The van der Waals surface area contributed by atoms with Crippen molar-refractivity contribution in [2.75, 3.05) is 31.1 Å². The normalized spacial score (nSPS) is 37.9. The van der Waals surface area contributed by atoms with Gasteiger partial charge in [-0.2, -0.15) is 11.8 Å². The van der Waals surface area contributed by atoms with Gasteiger partial charge in [-0.25, -0.2) is 0 Å². The predicted molar refractivity (Wildman–Crippen MR) is 75.7 cm³/mol. The van der Waals surface area contributed by atoms with Crippen LogP contribution in [-0.4, -0.2) is 47.6 Å². The van der Waals surface area contributed by atoms with Crippen LogP contribution in [0.4, 0.5) is 0 Å². The Morgan fingerprint density at radius 3 is 2.88 bits per heavy atom. The average Bonchev–Trinajstić information content (AvgIpc) is 2.96. The molecule has 3 fully saturated rings. The number of hydrogen-bond donors (Lipinski definition) is 1. The van der Waals surface area contributed by atoms with E-state index in [1.54, 1.807) is 0 Å². The van der Waals surface area contributed by atoms with Crippen LogP contribution in [0.2, 0.25) is 0 Å². The molecule has 2 aliphatic heterocycles. The molecule has 1 aliphatic carbocycles. The molecule has 1 saturated carbocycles. The minimum Gasteiger partial charge on any atom is -0.308 e. The summed E-state index contributed by atoms with van der Waals surface area (Å²) in [5, 5.41) is 3.85. The Hall–Kier alpha value is 0.270. The highest BCUT2D eigenvalue weighted by Crippen LogP contribution is 2.34. The SMILES string of the molecule is CC1CNC2(CCCC2)CN1CC1CCSC1. The number of thioether (sulfide) groups is 1. The maximum atomic E-state index is 3.85. The van der Waals surface area contributed by atoms with Crippen molar-refractivity contribution in [3.05, 3.63) is 0 Å². The van der Waals surface area contributed by atoms with Gasteiger partial charge >= 0.3 is 0 Å². The maximum Gasteiger partial charge on any atom is 0.0309 e. The van der Waals surface area contributed by atoms with E-state index in [-0.39, 0.29) is 0 Å². The average molecular weight is 254 g/mol. The molecule has 0 bridgehead atoms. The molecule has 3 heteroatoms. The molecule has 17 heavy (non-hydrogen) atoms. The van der Waals surface area contributed by atoms with Crippen molar-refractivity contribution >= 4 is 11.8 Å². The minimum atomic E-state index is 0.498. The highest BCUT2D eigenvalue weighted by Gasteiger charge is 2.40. The summed E-state index contributed by atoms with van der Waals surface area (Å²) in [6.07, 6.45) is 7.16. The highest BCUT2D eigenvalue weighted by molar-refractivity contribution is 7.99. The van der Waals surface area contributed by atoms with E-state index in [1.807, 2.05) is 0 Å². The largest absolute Gasteiger partial charge is 0.308 e. The van der Waals surface area contributed by atoms with Crippen LogP contribution in [0.1, 0.15) is 39.0 Å². The van der Waals surface area contributed by atoms with Crippen LogP contribution in [0, 0.1) is 5.92 Å². The summed E-state index contributed by atoms with van der Waals surface area (Å²) in [6, 6.07) is 0.742. The van der Waals surface area contributed by atoms with E-state index in [0.29, 0.717) is 5.54 Å². The van der Waals surface area contributed by atoms with Crippen LogP contribution >= 0.6 is 11.8 Å². The van der Waals surface area contributed by atoms with E-state index in [9.17, 15) is 0 Å². The van der Waals surface area contributed by atoms with Gasteiger partial charge in [-0.05, 0) is 43.6 Å². The van der Waals surface area contributed by atoms with Gasteiger partial charge in [0, 0.05) is 31.2 Å². The standard InChI is InChI=1S/C14H26N2S/c1-12-8-15-14(5-2-3-6-14)11-16(12)9-13-4-7-17-10-13/h12-13,15H,2-11H2,1H3. The van der Waals surface area contributed by atoms with E-state index < -0.39 is 0 Å². The molecule has 2 atom stereocenters. The summed E-state index contributed by atoms with van der Waals surface area (Å²) in [7, 11) is 0. The Morgan fingerprint density at radius 1 is 1.35 bits per heavy atom. The van der Waals surface area contributed by atoms with Gasteiger partial charge in [0.2, 0.25) is 0 Å². The number of rotatable bonds is 2. The van der Waals surface area contributed by atoms with E-state index in [2.05, 4.69) is 28.9 Å². The van der Waals surface area contributed by atoms with Gasteiger partial charge in [0.25, 0.3) is 0 Å². The second-order valence-corrected chi connectivity index (χ2v) is 7.53. The van der Waals surface area contributed by atoms with Crippen LogP contribution in [-0.2, 0) is 0 Å². The molecule has 1 N–H and O–H groups in total. The summed E-state index contributed by atoms with van der Waals surface area (Å²) in [4.78, 5) is 2.79. The number of piperazine rings is 1. The smallest absolute Gasteiger partial charge is 0.0309 e. The second-order valence-electron chi connectivity index (χ2n) is 6.38. The molecule has 1 spiro atoms. The summed E-state index contributed by atoms with van der Waals surface area (Å²) in [5.41, 5.74) is 0.498. The Labute approximate surface area is 110 Å². The molecule has 0 aromatic carbocycles. The lowest BCUT2D eigenvalue weighted by atomic mass is 9.91. The van der Waals surface area contributed by atoms with Gasteiger partial charge in [-0.15, -0.1) is 0 Å². The van der Waals surface area contributed by atoms with Gasteiger partial charge in [0.05, 0.1) is 0 Å². The third-order valence-electron chi connectivity index (χ3n) is 4.98. The molecule has 0 amide bonds. The third kappa shape index (κ3) is 2.66. The topological polar surface area (TPSA) is 15.3 Å². The quantitative estimate of drug-likeness (QED) is 0.814. The van der Waals surface area contributed by atoms with Gasteiger partial charge in [0.1, 0.15) is 0 Å². The lowest BCUT2D eigenvalue weighted by Gasteiger charge is -2.46. The molecule has 2 saturated heterocycles. The summed E-state index contributed by atoms with van der Waals surface area (Å²) >= 11 is 2.15. The van der Waals surface area contributed by atoms with Crippen molar-refractivity contribution in [3.63, 3.8) is 0 Å². The monoisotopic (exact) mass is 254 g/mol. The molecule has 3 aliphatic rings. The molecule has 2 nitrogen and oxygen atoms in total. The summed E-state index contributed by atoms with van der Waals surface area (Å²) < 4.78 is 0. The van der Waals surface area contributed by atoms with Crippen LogP contribution in [0.3, 0.4) is 0 Å². The second kappa shape index (κ2) is 5.10. The van der Waals surface area contributed by atoms with Crippen molar-refractivity contribution in [3.8, 4) is 0 Å². The first kappa shape index (κ1) is 12.3. The lowest BCUT2D eigenvalue weighted by molar-refractivity contribution is 0.0774. The number of nitrogens with zero attached hydrogens (tertiary/aromatic N) is 1. The van der Waals surface area contributed by atoms with Crippen LogP contribution in [0.15, 0.2) is 0 Å². The zero-order chi connectivity index (χ0) is 11.7. The lowest BCUT2D eigenvalue weighted by Crippen LogP contribution is -2.63. The van der Waals surface area contributed by atoms with E-state index >= 15 is 0 Å². The molecular weight excluding hydrogens is 228 g/mol. The summed E-state index contributed by atoms with van der Waals surface area (Å²) in [5.74, 6) is 3.78. The van der Waals surface area contributed by atoms with Crippen molar-refractivity contribution < 1.29 is 0 Å². The minimum absolute atomic E-state index is 0.498. The molecule has 2 heterocycles. The first-order chi connectivity index (χ1) is 8.27. The van der Waals surface area contributed by atoms with E-state index in [1.165, 1.54) is 63.2 Å². The Kier molecular flexibility index (Phi) is 3.69. The zero-order valence-corrected chi connectivity index (χ0v) is 11.9. The molecule has 0 radical (unpaired) electrons. The van der Waals surface area contributed by atoms with E-state index in [0.717, 1.165) is 12.0 Å². The fourth-order valence-electron chi connectivity index (χ4n) is 3.78. The van der Waals surface area contributed by atoms with Crippen molar-refractivity contribution in [2.45, 2.75) is 50.6 Å². The fourth-order valence-corrected chi connectivity index (χ4v) is 5.06. The number of hydrogen-bond acceptors (Lipinski definition) is 3. The van der Waals surface area contributed by atoms with Gasteiger partial charge in [-0.1, -0.05) is 12.8 Å². The first-order valence-corrected chi connectivity index (χ1v) is 8.50. The van der Waals surface area contributed by atoms with Crippen molar-refractivity contribution in [2.24, 2.45) is 5.92 Å². The van der Waals surface area contributed by atoms with Gasteiger partial charge < -0.3 is 5.32 Å². The van der Waals surface area contributed by atoms with E-state index in [4.69, 9.17) is 0 Å². The maximum absolute atomic E-state index is 3.85. The Bertz CT molecular complexity index is 257. The van der Waals surface area contributed by atoms with Crippen molar-refractivity contribution in [1.29, 1.82) is 0 Å². The van der Waals surface area contributed by atoms with Crippen LogP contribution < -0.4 is 5.32 Å². The number of nitrogens with one attached hydrogen (secondary N) is 1. The van der Waals surface area contributed by atoms with Crippen LogP contribution in [0.5, 0.6) is 0 Å².